The van der Waals surface area contributed by atoms with Gasteiger partial charge in [-0.2, -0.15) is 0 Å². The molecule has 0 aliphatic carbocycles. The summed E-state index contributed by atoms with van der Waals surface area (Å²) in [5.41, 5.74) is 5.39. The Kier molecular flexibility index (Phi) is 9.93. The third kappa shape index (κ3) is 7.91. The van der Waals surface area contributed by atoms with Crippen LogP contribution in [0.2, 0.25) is 0 Å². The molecule has 0 fully saturated rings. The summed E-state index contributed by atoms with van der Waals surface area (Å²) in [4.78, 5) is 0. The number of hydrogen-bond donors (Lipinski definition) is 2. The lowest BCUT2D eigenvalue weighted by Gasteiger charge is -2.26. The second-order valence-corrected chi connectivity index (χ2v) is 10.3. The highest BCUT2D eigenvalue weighted by molar-refractivity contribution is 5.40. The van der Waals surface area contributed by atoms with Crippen LogP contribution in [-0.2, 0) is 12.8 Å². The lowest BCUT2D eigenvalue weighted by molar-refractivity contribution is 0.469. The largest absolute Gasteiger partial charge is 0.508 e. The molecule has 0 spiro atoms. The highest BCUT2D eigenvalue weighted by Crippen LogP contribution is 2.38. The minimum absolute atomic E-state index is 0.370. The summed E-state index contributed by atoms with van der Waals surface area (Å²) in [6.45, 7) is 13.6. The van der Waals surface area contributed by atoms with E-state index < -0.39 is 0 Å². The van der Waals surface area contributed by atoms with E-state index in [0.29, 0.717) is 35.2 Å². The second kappa shape index (κ2) is 12.2. The monoisotopic (exact) mass is 424 g/mol. The van der Waals surface area contributed by atoms with Crippen LogP contribution in [-0.4, -0.2) is 10.2 Å². The number of benzene rings is 2. The number of aryl methyl sites for hydroxylation is 2. The molecule has 0 aliphatic rings. The van der Waals surface area contributed by atoms with Gasteiger partial charge in [0, 0.05) is 0 Å². The van der Waals surface area contributed by atoms with E-state index in [9.17, 15) is 10.2 Å². The zero-order valence-electron chi connectivity index (χ0n) is 20.6. The zero-order chi connectivity index (χ0) is 23.0. The van der Waals surface area contributed by atoms with Crippen molar-refractivity contribution in [1.82, 2.24) is 0 Å². The fourth-order valence-electron chi connectivity index (χ4n) is 4.69. The van der Waals surface area contributed by atoms with Crippen LogP contribution < -0.4 is 0 Å². The lowest BCUT2D eigenvalue weighted by Crippen LogP contribution is -2.10. The van der Waals surface area contributed by atoms with Crippen LogP contribution in [0.5, 0.6) is 11.5 Å². The fraction of sp³-hybridized carbons (Fsp3) is 0.586. The average Bonchev–Trinajstić information content (AvgIpc) is 2.70. The van der Waals surface area contributed by atoms with Gasteiger partial charge in [-0.1, -0.05) is 60.1 Å². The number of rotatable bonds is 12. The molecule has 0 saturated carbocycles. The first-order chi connectivity index (χ1) is 14.7. The molecule has 0 amide bonds. The van der Waals surface area contributed by atoms with Gasteiger partial charge in [-0.05, 0) is 109 Å². The van der Waals surface area contributed by atoms with E-state index in [-0.39, 0.29) is 0 Å². The quantitative estimate of drug-likeness (QED) is 0.359. The maximum absolute atomic E-state index is 10.1. The summed E-state index contributed by atoms with van der Waals surface area (Å²) >= 11 is 0. The first-order valence-corrected chi connectivity index (χ1v) is 12.3. The van der Waals surface area contributed by atoms with Crippen LogP contribution in [0.15, 0.2) is 36.4 Å². The van der Waals surface area contributed by atoms with Crippen molar-refractivity contribution < 1.29 is 10.2 Å². The molecule has 2 atom stereocenters. The molecule has 0 radical (unpaired) electrons. The Morgan fingerprint density at radius 2 is 1.16 bits per heavy atom. The normalized spacial score (nSPS) is 13.7. The van der Waals surface area contributed by atoms with Crippen molar-refractivity contribution in [1.29, 1.82) is 0 Å². The van der Waals surface area contributed by atoms with Gasteiger partial charge in [-0.15, -0.1) is 0 Å². The van der Waals surface area contributed by atoms with Crippen molar-refractivity contribution in [2.45, 2.75) is 98.3 Å². The van der Waals surface area contributed by atoms with Crippen LogP contribution in [0.25, 0.3) is 0 Å². The van der Waals surface area contributed by atoms with E-state index in [4.69, 9.17) is 0 Å². The Morgan fingerprint density at radius 3 is 1.65 bits per heavy atom. The highest BCUT2D eigenvalue weighted by atomic mass is 16.3. The molecule has 2 unspecified atom stereocenters. The molecular weight excluding hydrogens is 380 g/mol. The van der Waals surface area contributed by atoms with Crippen LogP contribution >= 0.6 is 0 Å². The van der Waals surface area contributed by atoms with Gasteiger partial charge in [-0.3, -0.25) is 0 Å². The van der Waals surface area contributed by atoms with Crippen molar-refractivity contribution in [2.24, 2.45) is 11.8 Å². The second-order valence-electron chi connectivity index (χ2n) is 10.3. The van der Waals surface area contributed by atoms with Crippen LogP contribution in [0.3, 0.4) is 0 Å². The summed E-state index contributed by atoms with van der Waals surface area (Å²) in [5, 5.41) is 20.2. The third-order valence-corrected chi connectivity index (χ3v) is 6.48. The van der Waals surface area contributed by atoms with E-state index >= 15 is 0 Å². The van der Waals surface area contributed by atoms with Crippen LogP contribution in [0.1, 0.15) is 108 Å². The van der Waals surface area contributed by atoms with E-state index in [0.717, 1.165) is 44.9 Å². The standard InChI is InChI=1S/C29H44O2/c1-7-8-23(29-16-14-27(31)19-25(29)12-10-21(4)5)17-22(6)28-15-13-26(30)18-24(28)11-9-20(2)3/h13-16,18-23,30-31H,7-12,17H2,1-6H3. The van der Waals surface area contributed by atoms with Gasteiger partial charge in [0.2, 0.25) is 0 Å². The Morgan fingerprint density at radius 1 is 0.677 bits per heavy atom. The molecule has 2 heteroatoms. The Labute approximate surface area is 190 Å². The summed E-state index contributed by atoms with van der Waals surface area (Å²) in [6.07, 6.45) is 7.71. The average molecular weight is 425 g/mol. The predicted octanol–water partition coefficient (Wildman–Crippen LogP) is 8.35. The molecule has 0 saturated heterocycles. The topological polar surface area (TPSA) is 40.5 Å². The minimum atomic E-state index is 0.370. The molecule has 0 heterocycles. The third-order valence-electron chi connectivity index (χ3n) is 6.48. The van der Waals surface area contributed by atoms with Crippen molar-refractivity contribution in [2.75, 3.05) is 0 Å². The van der Waals surface area contributed by atoms with Crippen LogP contribution in [0.4, 0.5) is 0 Å². The van der Waals surface area contributed by atoms with E-state index in [1.807, 2.05) is 24.3 Å². The molecule has 0 bridgehead atoms. The molecule has 172 valence electrons. The molecule has 2 nitrogen and oxygen atoms in total. The Balaban J connectivity index is 2.30. The van der Waals surface area contributed by atoms with Crippen molar-refractivity contribution in [3.8, 4) is 11.5 Å². The molecule has 0 aliphatic heterocycles. The van der Waals surface area contributed by atoms with E-state index in [1.165, 1.54) is 22.3 Å². The van der Waals surface area contributed by atoms with Gasteiger partial charge in [-0.25, -0.2) is 0 Å². The van der Waals surface area contributed by atoms with Crippen molar-refractivity contribution in [3.05, 3.63) is 58.7 Å². The van der Waals surface area contributed by atoms with Gasteiger partial charge < -0.3 is 10.2 Å². The number of aromatic hydroxyl groups is 2. The van der Waals surface area contributed by atoms with Crippen molar-refractivity contribution >= 4 is 0 Å². The minimum Gasteiger partial charge on any atom is -0.508 e. The van der Waals surface area contributed by atoms with E-state index in [1.54, 1.807) is 0 Å². The predicted molar refractivity (Wildman–Crippen MR) is 133 cm³/mol. The van der Waals surface area contributed by atoms with Gasteiger partial charge in [0.1, 0.15) is 11.5 Å². The highest BCUT2D eigenvalue weighted by Gasteiger charge is 2.21. The van der Waals surface area contributed by atoms with Crippen molar-refractivity contribution in [3.63, 3.8) is 0 Å². The maximum atomic E-state index is 10.1. The van der Waals surface area contributed by atoms with E-state index in [2.05, 4.69) is 53.7 Å². The summed E-state index contributed by atoms with van der Waals surface area (Å²) < 4.78 is 0. The number of phenols is 2. The van der Waals surface area contributed by atoms with Gasteiger partial charge in [0.15, 0.2) is 0 Å². The maximum Gasteiger partial charge on any atom is 0.115 e. The molecule has 2 N–H and O–H groups in total. The Hall–Kier alpha value is -1.96. The molecular formula is C29H44O2. The number of phenolic OH excluding ortho intramolecular Hbond substituents is 2. The molecule has 31 heavy (non-hydrogen) atoms. The Bertz CT molecular complexity index is 806. The van der Waals surface area contributed by atoms with Gasteiger partial charge in [0.25, 0.3) is 0 Å². The van der Waals surface area contributed by atoms with Gasteiger partial charge in [0.05, 0.1) is 0 Å². The first-order valence-electron chi connectivity index (χ1n) is 12.3. The smallest absolute Gasteiger partial charge is 0.115 e. The zero-order valence-corrected chi connectivity index (χ0v) is 20.6. The molecule has 2 rings (SSSR count). The molecule has 2 aromatic carbocycles. The lowest BCUT2D eigenvalue weighted by atomic mass is 9.79. The van der Waals surface area contributed by atoms with Gasteiger partial charge >= 0.3 is 0 Å². The summed E-state index contributed by atoms with van der Waals surface area (Å²) in [5.74, 6) is 2.95. The molecule has 0 aromatic heterocycles. The fourth-order valence-corrected chi connectivity index (χ4v) is 4.69. The summed E-state index contributed by atoms with van der Waals surface area (Å²) in [7, 11) is 0. The first kappa shape index (κ1) is 25.3. The molecule has 2 aromatic rings. The number of hydrogen-bond acceptors (Lipinski definition) is 2. The summed E-state index contributed by atoms with van der Waals surface area (Å²) in [6, 6.07) is 11.9. The SMILES string of the molecule is CCCC(CC(C)c1ccc(O)cc1CCC(C)C)c1ccc(O)cc1CCC(C)C. The van der Waals surface area contributed by atoms with Crippen LogP contribution in [0, 0.1) is 11.8 Å².